The van der Waals surface area contributed by atoms with Gasteiger partial charge in [0, 0.05) is 16.2 Å². The van der Waals surface area contributed by atoms with Gasteiger partial charge in [0.15, 0.2) is 17.3 Å². The lowest BCUT2D eigenvalue weighted by atomic mass is 9.98. The Morgan fingerprint density at radius 1 is 1.00 bits per heavy atom. The Kier molecular flexibility index (Phi) is 3.20. The highest BCUT2D eigenvalue weighted by molar-refractivity contribution is 6.31. The number of ketones is 1. The molecular weight excluding hydrogens is 276 g/mol. The van der Waals surface area contributed by atoms with Gasteiger partial charge in [-0.05, 0) is 42.0 Å². The molecule has 0 saturated heterocycles. The van der Waals surface area contributed by atoms with Crippen LogP contribution in [0.1, 0.15) is 15.9 Å². The summed E-state index contributed by atoms with van der Waals surface area (Å²) in [5.74, 6) is 1.17. The van der Waals surface area contributed by atoms with Crippen molar-refractivity contribution >= 4 is 23.0 Å². The van der Waals surface area contributed by atoms with Gasteiger partial charge in [0.2, 0.25) is 6.79 Å². The van der Waals surface area contributed by atoms with Crippen LogP contribution in [0.15, 0.2) is 49.0 Å². The number of ether oxygens (including phenoxy) is 2. The van der Waals surface area contributed by atoms with Crippen molar-refractivity contribution in [2.45, 2.75) is 0 Å². The van der Waals surface area contributed by atoms with Crippen LogP contribution in [0.5, 0.6) is 11.5 Å². The molecule has 4 heteroatoms. The van der Waals surface area contributed by atoms with E-state index < -0.39 is 0 Å². The fourth-order valence-corrected chi connectivity index (χ4v) is 2.12. The first kappa shape index (κ1) is 12.8. The highest BCUT2D eigenvalue weighted by Crippen LogP contribution is 2.34. The Labute approximate surface area is 121 Å². The third-order valence-electron chi connectivity index (χ3n) is 3.10. The second-order valence-corrected chi connectivity index (χ2v) is 4.82. The molecule has 0 bridgehead atoms. The number of fused-ring (bicyclic) bond motifs is 1. The molecule has 0 radical (unpaired) electrons. The number of halogens is 1. The molecule has 0 aliphatic carbocycles. The van der Waals surface area contributed by atoms with Crippen LogP contribution >= 0.6 is 11.6 Å². The van der Waals surface area contributed by atoms with Crippen molar-refractivity contribution in [3.63, 3.8) is 0 Å². The molecule has 0 N–H and O–H groups in total. The number of hydrogen-bond acceptors (Lipinski definition) is 3. The minimum Gasteiger partial charge on any atom is -0.454 e. The average molecular weight is 287 g/mol. The summed E-state index contributed by atoms with van der Waals surface area (Å²) < 4.78 is 10.5. The fraction of sp³-hybridized carbons (Fsp3) is 0.0625. The van der Waals surface area contributed by atoms with Crippen molar-refractivity contribution in [3.8, 4) is 11.5 Å². The molecule has 0 unspecified atom stereocenters. The molecule has 0 atom stereocenters. The normalized spacial score (nSPS) is 12.2. The van der Waals surface area contributed by atoms with E-state index in [9.17, 15) is 4.79 Å². The minimum absolute atomic E-state index is 0.138. The second kappa shape index (κ2) is 5.02. The van der Waals surface area contributed by atoms with Gasteiger partial charge in [-0.1, -0.05) is 24.2 Å². The van der Waals surface area contributed by atoms with E-state index in [1.807, 2.05) is 0 Å². The molecule has 3 rings (SSSR count). The Bertz CT molecular complexity index is 689. The van der Waals surface area contributed by atoms with E-state index in [4.69, 9.17) is 21.1 Å². The van der Waals surface area contributed by atoms with E-state index in [0.717, 1.165) is 0 Å². The van der Waals surface area contributed by atoms with Crippen molar-refractivity contribution in [2.75, 3.05) is 6.79 Å². The van der Waals surface area contributed by atoms with E-state index in [0.29, 0.717) is 33.2 Å². The monoisotopic (exact) mass is 286 g/mol. The Morgan fingerprint density at radius 3 is 2.40 bits per heavy atom. The van der Waals surface area contributed by atoms with Gasteiger partial charge in [-0.2, -0.15) is 0 Å². The zero-order valence-corrected chi connectivity index (χ0v) is 11.3. The molecule has 20 heavy (non-hydrogen) atoms. The highest BCUT2D eigenvalue weighted by Gasteiger charge is 2.17. The smallest absolute Gasteiger partial charge is 0.231 e. The Balaban J connectivity index is 1.88. The Hall–Kier alpha value is -2.26. The van der Waals surface area contributed by atoms with Crippen LogP contribution in [0.4, 0.5) is 0 Å². The molecule has 1 aliphatic heterocycles. The molecule has 1 heterocycles. The third-order valence-corrected chi connectivity index (χ3v) is 3.35. The predicted molar refractivity (Wildman–Crippen MR) is 77.4 cm³/mol. The number of Topliss-reactive ketones (excluding diaryl/α,β-unsaturated/α-hetero) is 1. The van der Waals surface area contributed by atoms with Crippen molar-refractivity contribution in [2.24, 2.45) is 0 Å². The number of carbonyl (C=O) groups is 1. The summed E-state index contributed by atoms with van der Waals surface area (Å²) in [5, 5.41) is 0.593. The van der Waals surface area contributed by atoms with Gasteiger partial charge in [0.25, 0.3) is 0 Å². The second-order valence-electron chi connectivity index (χ2n) is 4.38. The number of hydrogen-bond donors (Lipinski definition) is 0. The zero-order chi connectivity index (χ0) is 14.1. The maximum atomic E-state index is 12.3. The van der Waals surface area contributed by atoms with Gasteiger partial charge in [-0.25, -0.2) is 0 Å². The topological polar surface area (TPSA) is 35.5 Å². The standard InChI is InChI=1S/C16H11ClO3/c1-10(16(18)11-2-5-13(17)6-3-11)12-4-7-14-15(8-12)20-9-19-14/h2-8H,1,9H2. The van der Waals surface area contributed by atoms with E-state index in [1.165, 1.54) is 0 Å². The lowest BCUT2D eigenvalue weighted by Crippen LogP contribution is -2.01. The summed E-state index contributed by atoms with van der Waals surface area (Å²) in [6.45, 7) is 4.08. The van der Waals surface area contributed by atoms with Crippen LogP contribution in [0.3, 0.4) is 0 Å². The molecule has 2 aromatic carbocycles. The van der Waals surface area contributed by atoms with Crippen LogP contribution in [0.2, 0.25) is 5.02 Å². The third kappa shape index (κ3) is 2.28. The summed E-state index contributed by atoms with van der Waals surface area (Å²) in [5.41, 5.74) is 1.68. The molecule has 100 valence electrons. The van der Waals surface area contributed by atoms with Crippen molar-refractivity contribution < 1.29 is 14.3 Å². The molecule has 3 nitrogen and oxygen atoms in total. The van der Waals surface area contributed by atoms with Crippen LogP contribution in [-0.4, -0.2) is 12.6 Å². The number of benzene rings is 2. The number of allylic oxidation sites excluding steroid dienone is 1. The van der Waals surface area contributed by atoms with Gasteiger partial charge in [-0.3, -0.25) is 4.79 Å². The van der Waals surface area contributed by atoms with Crippen molar-refractivity contribution in [1.29, 1.82) is 0 Å². The van der Waals surface area contributed by atoms with E-state index in [1.54, 1.807) is 42.5 Å². The van der Waals surface area contributed by atoms with Crippen LogP contribution in [0, 0.1) is 0 Å². The van der Waals surface area contributed by atoms with Gasteiger partial charge in [0.1, 0.15) is 0 Å². The van der Waals surface area contributed by atoms with Crippen molar-refractivity contribution in [3.05, 3.63) is 65.2 Å². The molecule has 1 aliphatic rings. The largest absolute Gasteiger partial charge is 0.454 e. The van der Waals surface area contributed by atoms with Crippen LogP contribution in [0.25, 0.3) is 5.57 Å². The first-order chi connectivity index (χ1) is 9.65. The molecule has 0 amide bonds. The van der Waals surface area contributed by atoms with Crippen LogP contribution in [-0.2, 0) is 0 Å². The van der Waals surface area contributed by atoms with E-state index in [-0.39, 0.29) is 12.6 Å². The molecular formula is C16H11ClO3. The SMILES string of the molecule is C=C(C(=O)c1ccc(Cl)cc1)c1ccc2c(c1)OCO2. The zero-order valence-electron chi connectivity index (χ0n) is 10.6. The fourth-order valence-electron chi connectivity index (χ4n) is 1.99. The summed E-state index contributed by atoms with van der Waals surface area (Å²) in [6, 6.07) is 12.1. The summed E-state index contributed by atoms with van der Waals surface area (Å²) in [4.78, 5) is 12.3. The Morgan fingerprint density at radius 2 is 1.65 bits per heavy atom. The number of carbonyl (C=O) groups excluding carboxylic acids is 1. The van der Waals surface area contributed by atoms with E-state index >= 15 is 0 Å². The van der Waals surface area contributed by atoms with Crippen molar-refractivity contribution in [1.82, 2.24) is 0 Å². The first-order valence-electron chi connectivity index (χ1n) is 6.04. The first-order valence-corrected chi connectivity index (χ1v) is 6.42. The highest BCUT2D eigenvalue weighted by atomic mass is 35.5. The predicted octanol–water partition coefficient (Wildman–Crippen LogP) is 3.96. The molecule has 0 spiro atoms. The lowest BCUT2D eigenvalue weighted by molar-refractivity contribution is 0.105. The quantitative estimate of drug-likeness (QED) is 0.633. The van der Waals surface area contributed by atoms with Crippen LogP contribution < -0.4 is 9.47 Å². The van der Waals surface area contributed by atoms with E-state index in [2.05, 4.69) is 6.58 Å². The average Bonchev–Trinajstić information content (AvgIpc) is 2.94. The molecule has 2 aromatic rings. The summed E-state index contributed by atoms with van der Waals surface area (Å²) in [7, 11) is 0. The van der Waals surface area contributed by atoms with Gasteiger partial charge in [-0.15, -0.1) is 0 Å². The molecule has 0 aromatic heterocycles. The minimum atomic E-state index is -0.138. The number of rotatable bonds is 3. The summed E-state index contributed by atoms with van der Waals surface area (Å²) in [6.07, 6.45) is 0. The maximum absolute atomic E-state index is 12.3. The molecule has 0 fully saturated rings. The van der Waals surface area contributed by atoms with Gasteiger partial charge in [0.05, 0.1) is 0 Å². The lowest BCUT2D eigenvalue weighted by Gasteiger charge is -2.06. The summed E-state index contributed by atoms with van der Waals surface area (Å²) >= 11 is 5.81. The molecule has 0 saturated carbocycles. The van der Waals surface area contributed by atoms with Gasteiger partial charge < -0.3 is 9.47 Å². The maximum Gasteiger partial charge on any atom is 0.231 e. The van der Waals surface area contributed by atoms with Gasteiger partial charge >= 0.3 is 0 Å².